The van der Waals surface area contributed by atoms with Crippen LogP contribution in [0.4, 0.5) is 0 Å². The summed E-state index contributed by atoms with van der Waals surface area (Å²) in [6.07, 6.45) is 2.95. The molecule has 5 aromatic rings. The van der Waals surface area contributed by atoms with Gasteiger partial charge in [0.2, 0.25) is 0 Å². The number of fused-ring (bicyclic) bond motifs is 2. The summed E-state index contributed by atoms with van der Waals surface area (Å²) in [5.74, 6) is 1.01. The zero-order valence-corrected chi connectivity index (χ0v) is 26.4. The zero-order valence-electron chi connectivity index (χ0n) is 26.4. The highest BCUT2D eigenvalue weighted by Crippen LogP contribution is 2.50. The van der Waals surface area contributed by atoms with Crippen LogP contribution in [0.5, 0.6) is 0 Å². The summed E-state index contributed by atoms with van der Waals surface area (Å²) in [5, 5.41) is 0. The van der Waals surface area contributed by atoms with Crippen LogP contribution in [0.3, 0.4) is 0 Å². The van der Waals surface area contributed by atoms with Crippen molar-refractivity contribution in [3.05, 3.63) is 154 Å². The highest BCUT2D eigenvalue weighted by atomic mass is 16.1. The van der Waals surface area contributed by atoms with Crippen LogP contribution in [0.1, 0.15) is 65.1 Å². The lowest BCUT2D eigenvalue weighted by Crippen LogP contribution is -2.24. The van der Waals surface area contributed by atoms with Crippen LogP contribution in [0, 0.1) is 0 Å². The molecule has 2 aliphatic rings. The molecule has 0 N–H and O–H groups in total. The predicted octanol–water partition coefficient (Wildman–Crippen LogP) is 9.06. The van der Waals surface area contributed by atoms with Crippen molar-refractivity contribution in [2.45, 2.75) is 39.5 Å². The van der Waals surface area contributed by atoms with Gasteiger partial charge in [0.1, 0.15) is 0 Å². The average Bonchev–Trinajstić information content (AvgIpc) is 3.31. The molecule has 5 heteroatoms. The van der Waals surface area contributed by atoms with Gasteiger partial charge in [0.15, 0.2) is 29.0 Å². The fourth-order valence-electron chi connectivity index (χ4n) is 7.01. The summed E-state index contributed by atoms with van der Waals surface area (Å²) < 4.78 is 0. The number of allylic oxidation sites excluding steroid dienone is 5. The van der Waals surface area contributed by atoms with Crippen molar-refractivity contribution < 1.29 is 9.59 Å². The van der Waals surface area contributed by atoms with Crippen LogP contribution in [-0.4, -0.2) is 26.5 Å². The summed E-state index contributed by atoms with van der Waals surface area (Å²) in [6.45, 7) is 12.2. The minimum atomic E-state index is -0.236. The quantitative estimate of drug-likeness (QED) is 0.202. The third-order valence-corrected chi connectivity index (χ3v) is 9.49. The molecule has 1 atom stereocenters. The first-order valence-corrected chi connectivity index (χ1v) is 15.5. The number of aromatic nitrogens is 3. The van der Waals surface area contributed by atoms with Gasteiger partial charge in [-0.15, -0.1) is 0 Å². The second-order valence-electron chi connectivity index (χ2n) is 12.2. The molecule has 1 unspecified atom stereocenters. The standard InChI is InChI=1S/C41H33N3O2/c1-6-33-26(4)30-18-10-11-21-34(30)41(33,5)23-27-14-12-17-29(22-27)39-42-38(28-15-8-7-9-16-28)43-40(44-39)32-20-13-19-31-35(32)37(46)25(3)24(2)36(31)45/h6-22H,4,23H2,1-3,5H3. The lowest BCUT2D eigenvalue weighted by Gasteiger charge is -2.28. The van der Waals surface area contributed by atoms with Crippen LogP contribution in [-0.2, 0) is 11.8 Å². The molecule has 0 fully saturated rings. The fourth-order valence-corrected chi connectivity index (χ4v) is 7.01. The van der Waals surface area contributed by atoms with E-state index in [0.29, 0.717) is 45.3 Å². The van der Waals surface area contributed by atoms with E-state index in [0.717, 1.165) is 28.7 Å². The maximum absolute atomic E-state index is 13.6. The summed E-state index contributed by atoms with van der Waals surface area (Å²) in [6, 6.07) is 31.9. The van der Waals surface area contributed by atoms with E-state index < -0.39 is 0 Å². The van der Waals surface area contributed by atoms with E-state index in [1.54, 1.807) is 26.0 Å². The predicted molar refractivity (Wildman–Crippen MR) is 183 cm³/mol. The molecule has 0 aliphatic heterocycles. The van der Waals surface area contributed by atoms with Gasteiger partial charge in [0.05, 0.1) is 0 Å². The first-order valence-electron chi connectivity index (χ1n) is 15.5. The van der Waals surface area contributed by atoms with E-state index in [2.05, 4.69) is 62.9 Å². The molecule has 0 bridgehead atoms. The van der Waals surface area contributed by atoms with Crippen LogP contribution in [0.2, 0.25) is 0 Å². The minimum absolute atomic E-state index is 0.149. The second kappa shape index (κ2) is 11.1. The number of rotatable bonds is 5. The van der Waals surface area contributed by atoms with Crippen molar-refractivity contribution in [2.24, 2.45) is 0 Å². The van der Waals surface area contributed by atoms with E-state index in [1.807, 2.05) is 48.5 Å². The number of hydrogen-bond donors (Lipinski definition) is 0. The van der Waals surface area contributed by atoms with Gasteiger partial charge in [-0.3, -0.25) is 9.59 Å². The number of benzene rings is 4. The smallest absolute Gasteiger partial charge is 0.190 e. The van der Waals surface area contributed by atoms with Gasteiger partial charge in [-0.25, -0.2) is 15.0 Å². The molecule has 224 valence electrons. The van der Waals surface area contributed by atoms with Crippen LogP contribution in [0.25, 0.3) is 39.7 Å². The van der Waals surface area contributed by atoms with Crippen molar-refractivity contribution in [3.8, 4) is 34.2 Å². The minimum Gasteiger partial charge on any atom is -0.289 e. The molecule has 2 aliphatic carbocycles. The Morgan fingerprint density at radius 2 is 1.26 bits per heavy atom. The Bertz CT molecular complexity index is 2170. The molecule has 5 nitrogen and oxygen atoms in total. The summed E-state index contributed by atoms with van der Waals surface area (Å²) in [5.41, 5.74) is 9.51. The van der Waals surface area contributed by atoms with Crippen molar-refractivity contribution in [1.29, 1.82) is 0 Å². The van der Waals surface area contributed by atoms with Crippen molar-refractivity contribution in [2.75, 3.05) is 0 Å². The van der Waals surface area contributed by atoms with E-state index in [4.69, 9.17) is 15.0 Å². The Balaban J connectivity index is 1.37. The molecule has 1 aromatic heterocycles. The fraction of sp³-hybridized carbons (Fsp3) is 0.146. The third-order valence-electron chi connectivity index (χ3n) is 9.49. The highest BCUT2D eigenvalue weighted by Gasteiger charge is 2.40. The molecule has 0 spiro atoms. The van der Waals surface area contributed by atoms with Crippen molar-refractivity contribution in [3.63, 3.8) is 0 Å². The van der Waals surface area contributed by atoms with Gasteiger partial charge in [0, 0.05) is 44.4 Å². The summed E-state index contributed by atoms with van der Waals surface area (Å²) in [4.78, 5) is 41.5. The van der Waals surface area contributed by atoms with E-state index >= 15 is 0 Å². The summed E-state index contributed by atoms with van der Waals surface area (Å²) in [7, 11) is 0. The monoisotopic (exact) mass is 599 g/mol. The Morgan fingerprint density at radius 3 is 2.02 bits per heavy atom. The molecule has 4 aromatic carbocycles. The maximum Gasteiger partial charge on any atom is 0.190 e. The molecule has 7 rings (SSSR count). The van der Waals surface area contributed by atoms with Gasteiger partial charge in [-0.2, -0.15) is 0 Å². The Kier molecular flexibility index (Phi) is 7.05. The molecule has 0 amide bonds. The third kappa shape index (κ3) is 4.59. The van der Waals surface area contributed by atoms with Crippen LogP contribution in [0.15, 0.2) is 126 Å². The molecule has 0 saturated heterocycles. The summed E-state index contributed by atoms with van der Waals surface area (Å²) >= 11 is 0. The van der Waals surface area contributed by atoms with Crippen LogP contribution < -0.4 is 0 Å². The van der Waals surface area contributed by atoms with E-state index in [9.17, 15) is 9.59 Å². The maximum atomic E-state index is 13.6. The Morgan fingerprint density at radius 1 is 0.674 bits per heavy atom. The topological polar surface area (TPSA) is 72.8 Å². The average molecular weight is 600 g/mol. The van der Waals surface area contributed by atoms with Gasteiger partial charge >= 0.3 is 0 Å². The molecule has 0 radical (unpaired) electrons. The number of carbonyl (C=O) groups is 2. The van der Waals surface area contributed by atoms with Gasteiger partial charge in [-0.1, -0.05) is 111 Å². The first-order chi connectivity index (χ1) is 22.2. The lowest BCUT2D eigenvalue weighted by atomic mass is 9.75. The normalized spacial score (nSPS) is 18.3. The Labute approximate surface area is 269 Å². The van der Waals surface area contributed by atoms with Crippen molar-refractivity contribution in [1.82, 2.24) is 15.0 Å². The zero-order chi connectivity index (χ0) is 32.2. The van der Waals surface area contributed by atoms with Gasteiger partial charge in [-0.05, 0) is 61.1 Å². The number of Topliss-reactive ketones (excluding diaryl/α,β-unsaturated/α-hetero) is 2. The first kappa shape index (κ1) is 29.2. The molecule has 0 saturated carbocycles. The second-order valence-corrected chi connectivity index (χ2v) is 12.2. The molecule has 1 heterocycles. The van der Waals surface area contributed by atoms with E-state index in [-0.39, 0.29) is 17.0 Å². The van der Waals surface area contributed by atoms with Crippen LogP contribution >= 0.6 is 0 Å². The SMILES string of the molecule is C=C1C(=CC)C(C)(Cc2cccc(-c3nc(-c4ccccc4)nc(-c4cccc5c4C(=O)C(C)=C(C)C5=O)n3)c2)c2ccccc21. The van der Waals surface area contributed by atoms with Crippen molar-refractivity contribution >= 4 is 17.1 Å². The Hall–Kier alpha value is -5.55. The van der Waals surface area contributed by atoms with Gasteiger partial charge < -0.3 is 0 Å². The largest absolute Gasteiger partial charge is 0.289 e. The molecule has 46 heavy (non-hydrogen) atoms. The molecular formula is C41H33N3O2. The highest BCUT2D eigenvalue weighted by molar-refractivity contribution is 6.28. The number of nitrogens with zero attached hydrogens (tertiary/aromatic N) is 3. The number of carbonyl (C=O) groups excluding carboxylic acids is 2. The number of ketones is 2. The molecular weight excluding hydrogens is 566 g/mol. The lowest BCUT2D eigenvalue weighted by molar-refractivity contribution is 0.0975. The van der Waals surface area contributed by atoms with Gasteiger partial charge in [0.25, 0.3) is 0 Å². The number of hydrogen-bond acceptors (Lipinski definition) is 5. The van der Waals surface area contributed by atoms with E-state index in [1.165, 1.54) is 16.7 Å².